The summed E-state index contributed by atoms with van der Waals surface area (Å²) in [6.07, 6.45) is -4.60. The number of rotatable bonds is 6. The van der Waals surface area contributed by atoms with Crippen LogP contribution in [0.1, 0.15) is 20.7 Å². The first-order valence-electron chi connectivity index (χ1n) is 7.46. The summed E-state index contributed by atoms with van der Waals surface area (Å²) < 4.78 is 65.9. The van der Waals surface area contributed by atoms with E-state index in [1.165, 1.54) is 42.5 Å². The molecule has 0 unspecified atom stereocenters. The molecule has 10 heteroatoms. The molecule has 0 aliphatic carbocycles. The number of benzene rings is 2. The van der Waals surface area contributed by atoms with Crippen LogP contribution in [0.25, 0.3) is 0 Å². The van der Waals surface area contributed by atoms with E-state index in [4.69, 9.17) is 0 Å². The summed E-state index contributed by atoms with van der Waals surface area (Å²) in [6, 6.07) is 10.5. The van der Waals surface area contributed by atoms with Crippen LogP contribution >= 0.6 is 0 Å². The lowest BCUT2D eigenvalue weighted by atomic mass is 10.1. The van der Waals surface area contributed by atoms with Gasteiger partial charge in [-0.05, 0) is 24.3 Å². The zero-order chi connectivity index (χ0) is 20.0. The van der Waals surface area contributed by atoms with Crippen LogP contribution in [0.4, 0.5) is 27.6 Å². The normalized spacial score (nSPS) is 11.2. The van der Waals surface area contributed by atoms with Crippen LogP contribution in [0.3, 0.4) is 0 Å². The highest BCUT2D eigenvalue weighted by molar-refractivity contribution is 6.10. The van der Waals surface area contributed by atoms with Crippen molar-refractivity contribution in [3.05, 3.63) is 59.7 Å². The molecule has 5 nitrogen and oxygen atoms in total. The van der Waals surface area contributed by atoms with Crippen molar-refractivity contribution in [3.63, 3.8) is 0 Å². The van der Waals surface area contributed by atoms with Crippen LogP contribution < -0.4 is 15.4 Å². The van der Waals surface area contributed by atoms with Crippen LogP contribution in [0.5, 0.6) is 5.75 Å². The minimum Gasteiger partial charge on any atom is -0.434 e. The van der Waals surface area contributed by atoms with Gasteiger partial charge in [-0.3, -0.25) is 9.59 Å². The van der Waals surface area contributed by atoms with Gasteiger partial charge in [0.2, 0.25) is 0 Å². The quantitative estimate of drug-likeness (QED) is 0.739. The number of amides is 2. The lowest BCUT2D eigenvalue weighted by Crippen LogP contribution is -2.34. The fraction of sp³-hybridized carbons (Fsp3) is 0.176. The molecule has 2 aromatic carbocycles. The Kier molecular flexibility index (Phi) is 6.32. The second-order valence-corrected chi connectivity index (χ2v) is 5.17. The summed E-state index contributed by atoms with van der Waals surface area (Å²) in [5.41, 5.74) is -0.542. The Balaban J connectivity index is 2.21. The molecular formula is C17H13F5N2O3. The van der Waals surface area contributed by atoms with Gasteiger partial charge >= 0.3 is 12.8 Å². The highest BCUT2D eigenvalue weighted by atomic mass is 19.4. The maximum absolute atomic E-state index is 12.4. The molecule has 2 amide bonds. The Morgan fingerprint density at radius 2 is 1.52 bits per heavy atom. The third kappa shape index (κ3) is 5.94. The van der Waals surface area contributed by atoms with Crippen molar-refractivity contribution in [1.29, 1.82) is 0 Å². The predicted octanol–water partition coefficient (Wildman–Crippen LogP) is 3.83. The fourth-order valence-electron chi connectivity index (χ4n) is 2.11. The second kappa shape index (κ2) is 8.47. The summed E-state index contributed by atoms with van der Waals surface area (Å²) in [5, 5.41) is 4.00. The van der Waals surface area contributed by atoms with Gasteiger partial charge in [-0.15, -0.1) is 0 Å². The third-order valence-electron chi connectivity index (χ3n) is 3.22. The van der Waals surface area contributed by atoms with E-state index in [0.29, 0.717) is 0 Å². The number of para-hydroxylation sites is 2. The van der Waals surface area contributed by atoms with Crippen molar-refractivity contribution >= 4 is 17.5 Å². The molecule has 27 heavy (non-hydrogen) atoms. The standard InChI is InChI=1S/C17H13F5N2O3/c18-16(19)27-13-8-4-2-6-11(13)15(26)24-12-7-3-1-5-10(12)14(25)23-9-17(20,21)22/h1-8,16H,9H2,(H,23,25)(H,24,26). The Morgan fingerprint density at radius 1 is 0.926 bits per heavy atom. The molecule has 0 fully saturated rings. The lowest BCUT2D eigenvalue weighted by molar-refractivity contribution is -0.123. The van der Waals surface area contributed by atoms with E-state index >= 15 is 0 Å². The van der Waals surface area contributed by atoms with E-state index in [1.54, 1.807) is 5.32 Å². The van der Waals surface area contributed by atoms with Gasteiger partial charge in [-0.25, -0.2) is 0 Å². The average molecular weight is 388 g/mol. The highest BCUT2D eigenvalue weighted by Gasteiger charge is 2.28. The van der Waals surface area contributed by atoms with Gasteiger partial charge < -0.3 is 15.4 Å². The molecule has 0 aliphatic heterocycles. The van der Waals surface area contributed by atoms with E-state index in [-0.39, 0.29) is 22.6 Å². The summed E-state index contributed by atoms with van der Waals surface area (Å²) in [7, 11) is 0. The van der Waals surface area contributed by atoms with Crippen molar-refractivity contribution in [2.75, 3.05) is 11.9 Å². The Morgan fingerprint density at radius 3 is 2.15 bits per heavy atom. The minimum atomic E-state index is -4.60. The Labute approximate surface area is 150 Å². The zero-order valence-corrected chi connectivity index (χ0v) is 13.5. The molecule has 2 N–H and O–H groups in total. The first-order chi connectivity index (χ1) is 12.7. The van der Waals surface area contributed by atoms with Crippen molar-refractivity contribution in [2.45, 2.75) is 12.8 Å². The molecule has 0 bridgehead atoms. The molecule has 0 aliphatic rings. The minimum absolute atomic E-state index is 0.0889. The number of carbonyl (C=O) groups excluding carboxylic acids is 2. The summed E-state index contributed by atoms with van der Waals surface area (Å²) in [5.74, 6) is -2.31. The lowest BCUT2D eigenvalue weighted by Gasteiger charge is -2.14. The number of hydrogen-bond donors (Lipinski definition) is 2. The van der Waals surface area contributed by atoms with E-state index in [0.717, 1.165) is 6.07 Å². The first-order valence-corrected chi connectivity index (χ1v) is 7.46. The van der Waals surface area contributed by atoms with Crippen molar-refractivity contribution < 1.29 is 36.3 Å². The number of nitrogens with one attached hydrogen (secondary N) is 2. The molecule has 144 valence electrons. The first kappa shape index (κ1) is 20.1. The monoisotopic (exact) mass is 388 g/mol. The number of carbonyl (C=O) groups is 2. The third-order valence-corrected chi connectivity index (χ3v) is 3.22. The molecule has 0 saturated heterocycles. The molecule has 0 heterocycles. The maximum atomic E-state index is 12.4. The van der Waals surface area contributed by atoms with Crippen LogP contribution in [0.15, 0.2) is 48.5 Å². The van der Waals surface area contributed by atoms with Crippen LogP contribution in [-0.4, -0.2) is 31.1 Å². The molecule has 0 spiro atoms. The van der Waals surface area contributed by atoms with Gasteiger partial charge in [-0.2, -0.15) is 22.0 Å². The molecule has 0 aromatic heterocycles. The largest absolute Gasteiger partial charge is 0.434 e. The van der Waals surface area contributed by atoms with Gasteiger partial charge in [0.1, 0.15) is 12.3 Å². The van der Waals surface area contributed by atoms with Crippen molar-refractivity contribution in [1.82, 2.24) is 5.32 Å². The van der Waals surface area contributed by atoms with Crippen molar-refractivity contribution in [3.8, 4) is 5.75 Å². The van der Waals surface area contributed by atoms with E-state index in [9.17, 15) is 31.5 Å². The van der Waals surface area contributed by atoms with Gasteiger partial charge in [-0.1, -0.05) is 24.3 Å². The Bertz CT molecular complexity index is 824. The van der Waals surface area contributed by atoms with Gasteiger partial charge in [0.15, 0.2) is 0 Å². The number of ether oxygens (including phenoxy) is 1. The van der Waals surface area contributed by atoms with E-state index < -0.39 is 31.1 Å². The van der Waals surface area contributed by atoms with Crippen LogP contribution in [0, 0.1) is 0 Å². The predicted molar refractivity (Wildman–Crippen MR) is 85.9 cm³/mol. The summed E-state index contributed by atoms with van der Waals surface area (Å²) >= 11 is 0. The zero-order valence-electron chi connectivity index (χ0n) is 13.5. The van der Waals surface area contributed by atoms with Crippen molar-refractivity contribution in [2.24, 2.45) is 0 Å². The summed E-state index contributed by atoms with van der Waals surface area (Å²) in [6.45, 7) is -4.70. The topological polar surface area (TPSA) is 67.4 Å². The Hall–Kier alpha value is -3.17. The molecule has 0 radical (unpaired) electrons. The van der Waals surface area contributed by atoms with Gasteiger partial charge in [0, 0.05) is 0 Å². The van der Waals surface area contributed by atoms with E-state index in [1.807, 2.05) is 0 Å². The average Bonchev–Trinajstić information content (AvgIpc) is 2.59. The molecule has 0 atom stereocenters. The molecular weight excluding hydrogens is 375 g/mol. The fourth-order valence-corrected chi connectivity index (χ4v) is 2.11. The number of hydrogen-bond acceptors (Lipinski definition) is 3. The number of anilines is 1. The van der Waals surface area contributed by atoms with Crippen LogP contribution in [0.2, 0.25) is 0 Å². The SMILES string of the molecule is O=C(NCC(F)(F)F)c1ccccc1NC(=O)c1ccccc1OC(F)F. The van der Waals surface area contributed by atoms with Gasteiger partial charge in [0.25, 0.3) is 11.8 Å². The highest BCUT2D eigenvalue weighted by Crippen LogP contribution is 2.23. The number of halogens is 5. The molecule has 2 rings (SSSR count). The van der Waals surface area contributed by atoms with Gasteiger partial charge in [0.05, 0.1) is 16.8 Å². The summed E-state index contributed by atoms with van der Waals surface area (Å²) in [4.78, 5) is 24.3. The molecule has 2 aromatic rings. The number of alkyl halides is 5. The van der Waals surface area contributed by atoms with Crippen LogP contribution in [-0.2, 0) is 0 Å². The van der Waals surface area contributed by atoms with E-state index in [2.05, 4.69) is 10.1 Å². The maximum Gasteiger partial charge on any atom is 0.405 e. The molecule has 0 saturated carbocycles. The second-order valence-electron chi connectivity index (χ2n) is 5.17. The smallest absolute Gasteiger partial charge is 0.405 e.